The average molecular weight is 377 g/mol. The summed E-state index contributed by atoms with van der Waals surface area (Å²) in [5.41, 5.74) is 0.790. The monoisotopic (exact) mass is 377 g/mol. The lowest BCUT2D eigenvalue weighted by Crippen LogP contribution is -2.43. The highest BCUT2D eigenvalue weighted by atomic mass is 16.2. The number of carbonyl (C=O) groups is 1. The molecule has 1 saturated carbocycles. The number of nitrogens with one attached hydrogen (secondary N) is 1. The molecular weight excluding hydrogens is 354 g/mol. The summed E-state index contributed by atoms with van der Waals surface area (Å²) in [7, 11) is 0. The molecule has 1 amide bonds. The Kier molecular flexibility index (Phi) is 4.86. The number of hydrogen-bond donors (Lipinski definition) is 1. The number of aromatic nitrogens is 2. The summed E-state index contributed by atoms with van der Waals surface area (Å²) < 4.78 is 2.57. The molecule has 1 aromatic heterocycles. The van der Waals surface area contributed by atoms with Gasteiger partial charge >= 0.3 is 5.69 Å². The first kappa shape index (κ1) is 18.2. The molecule has 1 N–H and O–H groups in total. The third-order valence-corrected chi connectivity index (χ3v) is 5.32. The smallest absolute Gasteiger partial charge is 0.331 e. The van der Waals surface area contributed by atoms with Crippen molar-refractivity contribution in [3.63, 3.8) is 0 Å². The van der Waals surface area contributed by atoms with Crippen molar-refractivity contribution in [3.8, 4) is 0 Å². The van der Waals surface area contributed by atoms with Gasteiger partial charge < -0.3 is 5.32 Å². The van der Waals surface area contributed by atoms with Crippen LogP contribution in [0.15, 0.2) is 64.2 Å². The van der Waals surface area contributed by atoms with Crippen molar-refractivity contribution < 1.29 is 4.79 Å². The summed E-state index contributed by atoms with van der Waals surface area (Å²) in [5.74, 6) is 0.207. The van der Waals surface area contributed by atoms with E-state index >= 15 is 0 Å². The molecular formula is C22H23N3O3. The van der Waals surface area contributed by atoms with Crippen LogP contribution in [-0.4, -0.2) is 15.0 Å². The van der Waals surface area contributed by atoms with Gasteiger partial charge in [-0.25, -0.2) is 4.79 Å². The van der Waals surface area contributed by atoms with Gasteiger partial charge in [-0.1, -0.05) is 42.5 Å². The van der Waals surface area contributed by atoms with E-state index in [0.29, 0.717) is 16.8 Å². The van der Waals surface area contributed by atoms with Crippen LogP contribution in [0.1, 0.15) is 31.4 Å². The van der Waals surface area contributed by atoms with Crippen molar-refractivity contribution in [2.45, 2.75) is 38.9 Å². The molecule has 1 aliphatic carbocycles. The van der Waals surface area contributed by atoms with Gasteiger partial charge in [0.25, 0.3) is 5.56 Å². The molecule has 6 heteroatoms. The van der Waals surface area contributed by atoms with E-state index in [1.807, 2.05) is 30.3 Å². The molecule has 1 unspecified atom stereocenters. The van der Waals surface area contributed by atoms with Crippen molar-refractivity contribution in [3.05, 3.63) is 81.0 Å². The van der Waals surface area contributed by atoms with Gasteiger partial charge in [-0.3, -0.25) is 18.7 Å². The standard InChI is InChI=1S/C22H23N3O3/c1-2-24-21(27)17-10-6-7-11-18(17)25(22(24)28)14-19(26)23-20(16-12-13-16)15-8-4-3-5-9-15/h3-11,16,20H,2,12-14H2,1H3,(H,23,26). The number of amides is 1. The predicted octanol–water partition coefficient (Wildman–Crippen LogP) is 2.45. The molecule has 4 rings (SSSR count). The molecule has 2 aromatic carbocycles. The molecule has 1 atom stereocenters. The van der Waals surface area contributed by atoms with Gasteiger partial charge in [0.2, 0.25) is 5.91 Å². The Balaban J connectivity index is 1.67. The first-order chi connectivity index (χ1) is 13.6. The summed E-state index contributed by atoms with van der Waals surface area (Å²) in [4.78, 5) is 38.2. The molecule has 3 aromatic rings. The highest BCUT2D eigenvalue weighted by molar-refractivity contribution is 5.81. The van der Waals surface area contributed by atoms with E-state index in [2.05, 4.69) is 5.32 Å². The Morgan fingerprint density at radius 2 is 1.71 bits per heavy atom. The van der Waals surface area contributed by atoms with Gasteiger partial charge in [0, 0.05) is 6.54 Å². The molecule has 0 bridgehead atoms. The van der Waals surface area contributed by atoms with Crippen LogP contribution < -0.4 is 16.6 Å². The van der Waals surface area contributed by atoms with Crippen molar-refractivity contribution in [2.24, 2.45) is 5.92 Å². The highest BCUT2D eigenvalue weighted by Crippen LogP contribution is 2.40. The first-order valence-corrected chi connectivity index (χ1v) is 9.67. The molecule has 0 radical (unpaired) electrons. The van der Waals surface area contributed by atoms with Crippen LogP contribution in [-0.2, 0) is 17.9 Å². The minimum Gasteiger partial charge on any atom is -0.347 e. The van der Waals surface area contributed by atoms with Crippen LogP contribution in [0.3, 0.4) is 0 Å². The van der Waals surface area contributed by atoms with E-state index in [0.717, 1.165) is 18.4 Å². The van der Waals surface area contributed by atoms with E-state index < -0.39 is 5.69 Å². The summed E-state index contributed by atoms with van der Waals surface area (Å²) in [5, 5.41) is 3.54. The molecule has 144 valence electrons. The lowest BCUT2D eigenvalue weighted by Gasteiger charge is -2.20. The normalized spacial score (nSPS) is 14.8. The van der Waals surface area contributed by atoms with E-state index in [1.165, 1.54) is 9.13 Å². The van der Waals surface area contributed by atoms with E-state index in [4.69, 9.17) is 0 Å². The van der Waals surface area contributed by atoms with Gasteiger partial charge in [0.05, 0.1) is 16.9 Å². The topological polar surface area (TPSA) is 73.1 Å². The zero-order valence-corrected chi connectivity index (χ0v) is 15.8. The third kappa shape index (κ3) is 3.38. The second-order valence-electron chi connectivity index (χ2n) is 7.23. The molecule has 6 nitrogen and oxygen atoms in total. The molecule has 0 spiro atoms. The minimum atomic E-state index is -0.455. The molecule has 0 aliphatic heterocycles. The maximum Gasteiger partial charge on any atom is 0.331 e. The van der Waals surface area contributed by atoms with Gasteiger partial charge in [-0.05, 0) is 43.4 Å². The van der Waals surface area contributed by atoms with E-state index in [9.17, 15) is 14.4 Å². The van der Waals surface area contributed by atoms with Gasteiger partial charge in [0.1, 0.15) is 6.54 Å². The predicted molar refractivity (Wildman–Crippen MR) is 108 cm³/mol. The molecule has 1 aliphatic rings. The molecule has 0 saturated heterocycles. The summed E-state index contributed by atoms with van der Waals surface area (Å²) in [6, 6.07) is 16.8. The largest absolute Gasteiger partial charge is 0.347 e. The average Bonchev–Trinajstić information content (AvgIpc) is 3.56. The third-order valence-electron chi connectivity index (χ3n) is 5.32. The van der Waals surface area contributed by atoms with Crippen molar-refractivity contribution in [1.82, 2.24) is 14.5 Å². The van der Waals surface area contributed by atoms with Crippen LogP contribution in [0.2, 0.25) is 0 Å². The van der Waals surface area contributed by atoms with Crippen LogP contribution >= 0.6 is 0 Å². The van der Waals surface area contributed by atoms with Crippen LogP contribution in [0.4, 0.5) is 0 Å². The quantitative estimate of drug-likeness (QED) is 0.717. The summed E-state index contributed by atoms with van der Waals surface area (Å²) >= 11 is 0. The number of carbonyl (C=O) groups excluding carboxylic acids is 1. The number of rotatable bonds is 6. The first-order valence-electron chi connectivity index (χ1n) is 9.67. The number of nitrogens with zero attached hydrogens (tertiary/aromatic N) is 2. The van der Waals surface area contributed by atoms with E-state index in [1.54, 1.807) is 31.2 Å². The maximum absolute atomic E-state index is 12.9. The maximum atomic E-state index is 12.9. The molecule has 28 heavy (non-hydrogen) atoms. The fourth-order valence-corrected chi connectivity index (χ4v) is 3.73. The second-order valence-corrected chi connectivity index (χ2v) is 7.23. The number of fused-ring (bicyclic) bond motifs is 1. The Bertz CT molecular complexity index is 1130. The second kappa shape index (κ2) is 7.46. The van der Waals surface area contributed by atoms with Crippen LogP contribution in [0.25, 0.3) is 10.9 Å². The zero-order chi connectivity index (χ0) is 19.7. The van der Waals surface area contributed by atoms with Crippen molar-refractivity contribution in [2.75, 3.05) is 0 Å². The van der Waals surface area contributed by atoms with Gasteiger partial charge in [-0.2, -0.15) is 0 Å². The fraction of sp³-hybridized carbons (Fsp3) is 0.318. The highest BCUT2D eigenvalue weighted by Gasteiger charge is 2.33. The van der Waals surface area contributed by atoms with Crippen molar-refractivity contribution in [1.29, 1.82) is 0 Å². The molecule has 1 heterocycles. The number of hydrogen-bond acceptors (Lipinski definition) is 3. The Morgan fingerprint density at radius 3 is 2.39 bits per heavy atom. The van der Waals surface area contributed by atoms with Gasteiger partial charge in [0.15, 0.2) is 0 Å². The Labute approximate surface area is 162 Å². The Morgan fingerprint density at radius 1 is 1.04 bits per heavy atom. The zero-order valence-electron chi connectivity index (χ0n) is 15.8. The fourth-order valence-electron chi connectivity index (χ4n) is 3.73. The minimum absolute atomic E-state index is 0.0484. The van der Waals surface area contributed by atoms with Gasteiger partial charge in [-0.15, -0.1) is 0 Å². The lowest BCUT2D eigenvalue weighted by atomic mass is 10.0. The van der Waals surface area contributed by atoms with Crippen LogP contribution in [0.5, 0.6) is 0 Å². The Hall–Kier alpha value is -3.15. The number of benzene rings is 2. The summed E-state index contributed by atoms with van der Waals surface area (Å²) in [6.45, 7) is 1.90. The SMILES string of the molecule is CCn1c(=O)c2ccccc2n(CC(=O)NC(c2ccccc2)C2CC2)c1=O. The number of para-hydroxylation sites is 1. The van der Waals surface area contributed by atoms with E-state index in [-0.39, 0.29) is 30.6 Å². The lowest BCUT2D eigenvalue weighted by molar-refractivity contribution is -0.122. The van der Waals surface area contributed by atoms with Crippen LogP contribution in [0, 0.1) is 5.92 Å². The van der Waals surface area contributed by atoms with Crippen molar-refractivity contribution >= 4 is 16.8 Å². The summed E-state index contributed by atoms with van der Waals surface area (Å²) in [6.07, 6.45) is 2.17. The molecule has 1 fully saturated rings.